The predicted octanol–water partition coefficient (Wildman–Crippen LogP) is 2.40. The van der Waals surface area contributed by atoms with Crippen molar-refractivity contribution in [2.45, 2.75) is 56.7 Å². The second-order valence-electron chi connectivity index (χ2n) is 7.78. The number of fused-ring (bicyclic) bond motifs is 3. The average Bonchev–Trinajstić information content (AvgIpc) is 3.14. The average molecular weight is 391 g/mol. The first-order chi connectivity index (χ1) is 12.8. The lowest BCUT2D eigenvalue weighted by Crippen LogP contribution is -2.15. The molecule has 9 heteroatoms. The molecule has 2 fully saturated rings. The third kappa shape index (κ3) is 3.46. The van der Waals surface area contributed by atoms with E-state index in [4.69, 9.17) is 15.3 Å². The normalized spacial score (nSPS) is 25.7. The highest BCUT2D eigenvalue weighted by molar-refractivity contribution is 7.86. The van der Waals surface area contributed by atoms with Gasteiger partial charge in [0.05, 0.1) is 22.7 Å². The standard InChI is InChI=1S/C15H19N5.C3H6O3S/c1-8-5-10(16)6-11(8)14-9(2)19-13-7-18-15-12(20(13)14)3-4-17-15;4-7(5,6)3-1-2-3/h3-4,7-8,10-11,17H,5-6,16H2,1-2H3;3H,1-2H2,(H,4,5,6)/t8-,10+,11+;/m0./s1. The monoisotopic (exact) mass is 391 g/mol. The Hall–Kier alpha value is -1.97. The quantitative estimate of drug-likeness (QED) is 0.576. The van der Waals surface area contributed by atoms with Crippen molar-refractivity contribution in [3.63, 3.8) is 0 Å². The van der Waals surface area contributed by atoms with Gasteiger partial charge in [-0.3, -0.25) is 8.95 Å². The highest BCUT2D eigenvalue weighted by Crippen LogP contribution is 2.40. The summed E-state index contributed by atoms with van der Waals surface area (Å²) in [5.74, 6) is 1.09. The lowest BCUT2D eigenvalue weighted by Gasteiger charge is -2.16. The molecular formula is C18H25N5O3S. The van der Waals surface area contributed by atoms with E-state index < -0.39 is 15.4 Å². The van der Waals surface area contributed by atoms with E-state index in [0.717, 1.165) is 35.3 Å². The minimum atomic E-state index is -3.63. The van der Waals surface area contributed by atoms with E-state index in [9.17, 15) is 8.42 Å². The fraction of sp³-hybridized carbons (Fsp3) is 0.556. The van der Waals surface area contributed by atoms with Gasteiger partial charge in [-0.25, -0.2) is 9.97 Å². The molecule has 5 rings (SSSR count). The van der Waals surface area contributed by atoms with Crippen molar-refractivity contribution in [1.29, 1.82) is 0 Å². The molecule has 0 aliphatic heterocycles. The molecule has 3 atom stereocenters. The van der Waals surface area contributed by atoms with E-state index in [1.807, 2.05) is 12.4 Å². The summed E-state index contributed by atoms with van der Waals surface area (Å²) in [6.45, 7) is 4.39. The zero-order chi connectivity index (χ0) is 19.3. The van der Waals surface area contributed by atoms with E-state index in [2.05, 4.69) is 34.3 Å². The number of aromatic amines is 1. The second-order valence-corrected chi connectivity index (χ2v) is 9.47. The van der Waals surface area contributed by atoms with Gasteiger partial charge in [-0.05, 0) is 44.6 Å². The van der Waals surface area contributed by atoms with Gasteiger partial charge in [0, 0.05) is 23.9 Å². The van der Waals surface area contributed by atoms with Crippen molar-refractivity contribution in [2.24, 2.45) is 11.7 Å². The zero-order valence-electron chi connectivity index (χ0n) is 15.5. The van der Waals surface area contributed by atoms with Crippen molar-refractivity contribution in [3.8, 4) is 0 Å². The smallest absolute Gasteiger partial charge is 0.267 e. The van der Waals surface area contributed by atoms with E-state index in [0.29, 0.717) is 30.7 Å². The molecular weight excluding hydrogens is 366 g/mol. The predicted molar refractivity (Wildman–Crippen MR) is 103 cm³/mol. The van der Waals surface area contributed by atoms with Crippen molar-refractivity contribution >= 4 is 26.9 Å². The molecule has 3 heterocycles. The highest BCUT2D eigenvalue weighted by atomic mass is 32.2. The van der Waals surface area contributed by atoms with E-state index in [1.165, 1.54) is 5.69 Å². The Morgan fingerprint density at radius 3 is 2.63 bits per heavy atom. The van der Waals surface area contributed by atoms with Crippen LogP contribution in [0.4, 0.5) is 0 Å². The Kier molecular flexibility index (Phi) is 4.48. The number of imidazole rings is 1. The molecule has 0 aromatic carbocycles. The maximum atomic E-state index is 9.95. The molecule has 3 aromatic rings. The molecule has 2 saturated carbocycles. The van der Waals surface area contributed by atoms with Gasteiger partial charge in [-0.15, -0.1) is 0 Å². The summed E-state index contributed by atoms with van der Waals surface area (Å²) >= 11 is 0. The Labute approximate surface area is 157 Å². The molecule has 0 spiro atoms. The molecule has 3 aromatic heterocycles. The number of rotatable bonds is 2. The number of hydrogen-bond acceptors (Lipinski definition) is 5. The lowest BCUT2D eigenvalue weighted by atomic mass is 9.93. The van der Waals surface area contributed by atoms with Crippen LogP contribution in [-0.4, -0.2) is 43.6 Å². The molecule has 0 bridgehead atoms. The molecule has 2 aliphatic carbocycles. The van der Waals surface area contributed by atoms with Crippen LogP contribution in [0.5, 0.6) is 0 Å². The van der Waals surface area contributed by atoms with Crippen molar-refractivity contribution in [2.75, 3.05) is 0 Å². The van der Waals surface area contributed by atoms with Crippen molar-refractivity contribution in [1.82, 2.24) is 19.4 Å². The zero-order valence-corrected chi connectivity index (χ0v) is 16.3. The number of aryl methyl sites for hydroxylation is 1. The molecule has 2 aliphatic rings. The summed E-state index contributed by atoms with van der Waals surface area (Å²) in [6, 6.07) is 2.38. The maximum absolute atomic E-state index is 9.95. The maximum Gasteiger partial charge on any atom is 0.267 e. The molecule has 27 heavy (non-hydrogen) atoms. The molecule has 0 radical (unpaired) electrons. The van der Waals surface area contributed by atoms with Crippen LogP contribution in [0.3, 0.4) is 0 Å². The highest BCUT2D eigenvalue weighted by Gasteiger charge is 2.34. The third-order valence-corrected chi connectivity index (χ3v) is 6.91. The summed E-state index contributed by atoms with van der Waals surface area (Å²) in [5.41, 5.74) is 11.5. The minimum Gasteiger partial charge on any atom is -0.345 e. The van der Waals surface area contributed by atoms with Gasteiger partial charge in [0.15, 0.2) is 11.3 Å². The molecule has 4 N–H and O–H groups in total. The molecule has 0 unspecified atom stereocenters. The SMILES string of the molecule is Cc1nc2cnc3[nH]ccc3n2c1[C@@H]1C[C@H](N)C[C@@H]1C.O=S(=O)(O)C1CC1. The Balaban J connectivity index is 0.000000218. The first-order valence-corrected chi connectivity index (χ1v) is 10.8. The van der Waals surface area contributed by atoms with Gasteiger partial charge in [-0.1, -0.05) is 6.92 Å². The van der Waals surface area contributed by atoms with Gasteiger partial charge >= 0.3 is 0 Å². The van der Waals surface area contributed by atoms with E-state index in [-0.39, 0.29) is 0 Å². The first kappa shape index (κ1) is 18.4. The summed E-state index contributed by atoms with van der Waals surface area (Å²) < 4.78 is 30.3. The van der Waals surface area contributed by atoms with Crippen LogP contribution in [-0.2, 0) is 10.1 Å². The number of nitrogens with zero attached hydrogens (tertiary/aromatic N) is 3. The Morgan fingerprint density at radius 1 is 1.33 bits per heavy atom. The van der Waals surface area contributed by atoms with Gasteiger partial charge in [0.25, 0.3) is 10.1 Å². The first-order valence-electron chi connectivity index (χ1n) is 9.28. The fourth-order valence-corrected chi connectivity index (χ4v) is 4.87. The topological polar surface area (TPSA) is 126 Å². The van der Waals surface area contributed by atoms with Crippen LogP contribution in [0.2, 0.25) is 0 Å². The van der Waals surface area contributed by atoms with Crippen LogP contribution in [0.1, 0.15) is 49.9 Å². The van der Waals surface area contributed by atoms with E-state index in [1.54, 1.807) is 0 Å². The summed E-state index contributed by atoms with van der Waals surface area (Å²) in [7, 11) is -3.63. The molecule has 8 nitrogen and oxygen atoms in total. The number of H-pyrrole nitrogens is 1. The lowest BCUT2D eigenvalue weighted by molar-refractivity contribution is 0.481. The molecule has 146 valence electrons. The van der Waals surface area contributed by atoms with Gasteiger partial charge in [0.2, 0.25) is 0 Å². The third-order valence-electron chi connectivity index (χ3n) is 5.59. The minimum absolute atomic E-state index is 0.309. The van der Waals surface area contributed by atoms with Crippen LogP contribution >= 0.6 is 0 Å². The van der Waals surface area contributed by atoms with Crippen LogP contribution in [0.15, 0.2) is 18.5 Å². The van der Waals surface area contributed by atoms with E-state index >= 15 is 0 Å². The number of aromatic nitrogens is 4. The Bertz CT molecular complexity index is 1080. The molecule has 0 saturated heterocycles. The Morgan fingerprint density at radius 2 is 2.07 bits per heavy atom. The number of nitrogens with one attached hydrogen (secondary N) is 1. The number of hydrogen-bond donors (Lipinski definition) is 3. The van der Waals surface area contributed by atoms with Crippen LogP contribution in [0.25, 0.3) is 16.8 Å². The summed E-state index contributed by atoms with van der Waals surface area (Å²) in [6.07, 6.45) is 7.19. The van der Waals surface area contributed by atoms with Crippen molar-refractivity contribution < 1.29 is 13.0 Å². The van der Waals surface area contributed by atoms with Crippen LogP contribution < -0.4 is 5.73 Å². The second kappa shape index (κ2) is 6.57. The number of nitrogens with two attached hydrogens (primary N) is 1. The van der Waals surface area contributed by atoms with Crippen molar-refractivity contribution in [3.05, 3.63) is 29.8 Å². The summed E-state index contributed by atoms with van der Waals surface area (Å²) in [5, 5.41) is -0.424. The van der Waals surface area contributed by atoms with Crippen LogP contribution in [0, 0.1) is 12.8 Å². The largest absolute Gasteiger partial charge is 0.345 e. The fourth-order valence-electron chi connectivity index (χ4n) is 4.14. The summed E-state index contributed by atoms with van der Waals surface area (Å²) in [4.78, 5) is 12.3. The van der Waals surface area contributed by atoms with Gasteiger partial charge in [-0.2, -0.15) is 8.42 Å². The van der Waals surface area contributed by atoms with Gasteiger partial charge < -0.3 is 10.7 Å². The van der Waals surface area contributed by atoms with Gasteiger partial charge in [0.1, 0.15) is 0 Å². The molecule has 0 amide bonds.